The quantitative estimate of drug-likeness (QED) is 0.542. The van der Waals surface area contributed by atoms with Crippen LogP contribution < -0.4 is 20.6 Å². The summed E-state index contributed by atoms with van der Waals surface area (Å²) in [6, 6.07) is 8.18. The number of nitrogens with two attached hydrogens (primary N) is 1. The Morgan fingerprint density at radius 2 is 1.88 bits per heavy atom. The van der Waals surface area contributed by atoms with E-state index in [0.29, 0.717) is 32.3 Å². The van der Waals surface area contributed by atoms with Gasteiger partial charge in [-0.3, -0.25) is 10.2 Å². The third kappa shape index (κ3) is 5.42. The second kappa shape index (κ2) is 8.80. The maximum Gasteiger partial charge on any atom is 0.255 e. The number of methoxy groups -OCH3 is 1. The summed E-state index contributed by atoms with van der Waals surface area (Å²) < 4.78 is 10.5. The number of amides is 1. The van der Waals surface area contributed by atoms with Gasteiger partial charge in [-0.25, -0.2) is 0 Å². The van der Waals surface area contributed by atoms with E-state index in [-0.39, 0.29) is 6.61 Å². The third-order valence-electron chi connectivity index (χ3n) is 2.95. The van der Waals surface area contributed by atoms with E-state index in [0.717, 1.165) is 5.56 Å². The van der Waals surface area contributed by atoms with Crippen molar-refractivity contribution in [1.82, 2.24) is 0 Å². The first-order valence-electron chi connectivity index (χ1n) is 6.93. The highest BCUT2D eigenvalue weighted by Gasteiger charge is 2.08. The predicted octanol–water partition coefficient (Wildman–Crippen LogP) is 3.97. The molecule has 0 unspecified atom stereocenters. The molecule has 0 saturated carbocycles. The number of carbonyl (C=O) groups is 1. The standard InChI is InChI=1S/C16H14Cl3N3O3/c1-24-14-4-9(2-3-13(14)25-8-15(20)23)7-21-22-16-11(18)5-10(17)6-12(16)19/h2-7,22H,8H2,1H3,(H2,20,23)/b21-7-. The molecule has 1 amide bonds. The van der Waals surface area contributed by atoms with Crippen LogP contribution in [-0.2, 0) is 4.79 Å². The molecule has 0 aliphatic heterocycles. The van der Waals surface area contributed by atoms with E-state index < -0.39 is 5.91 Å². The summed E-state index contributed by atoms with van der Waals surface area (Å²) in [6.07, 6.45) is 1.54. The summed E-state index contributed by atoms with van der Waals surface area (Å²) in [5.74, 6) is 0.261. The summed E-state index contributed by atoms with van der Waals surface area (Å²) in [5.41, 5.74) is 8.98. The molecule has 0 fully saturated rings. The Balaban J connectivity index is 2.12. The number of anilines is 1. The van der Waals surface area contributed by atoms with Crippen LogP contribution in [0.3, 0.4) is 0 Å². The van der Waals surface area contributed by atoms with Crippen LogP contribution in [0.25, 0.3) is 0 Å². The molecule has 2 aromatic rings. The van der Waals surface area contributed by atoms with Gasteiger partial charge >= 0.3 is 0 Å². The Bertz CT molecular complexity index is 789. The molecule has 0 aromatic heterocycles. The van der Waals surface area contributed by atoms with E-state index in [9.17, 15) is 4.79 Å². The number of hydrazone groups is 1. The lowest BCUT2D eigenvalue weighted by Gasteiger charge is -2.10. The van der Waals surface area contributed by atoms with Crippen molar-refractivity contribution in [3.63, 3.8) is 0 Å². The molecule has 0 heterocycles. The highest BCUT2D eigenvalue weighted by atomic mass is 35.5. The van der Waals surface area contributed by atoms with Crippen LogP contribution in [0.15, 0.2) is 35.4 Å². The Morgan fingerprint density at radius 1 is 1.20 bits per heavy atom. The molecule has 0 saturated heterocycles. The monoisotopic (exact) mass is 401 g/mol. The number of benzene rings is 2. The van der Waals surface area contributed by atoms with E-state index in [1.165, 1.54) is 7.11 Å². The van der Waals surface area contributed by atoms with Crippen molar-refractivity contribution in [1.29, 1.82) is 0 Å². The molecule has 3 N–H and O–H groups in total. The molecule has 132 valence electrons. The number of primary amides is 1. The predicted molar refractivity (Wildman–Crippen MR) is 100 cm³/mol. The fraction of sp³-hybridized carbons (Fsp3) is 0.125. The molecule has 0 spiro atoms. The molecule has 9 heteroatoms. The molecular weight excluding hydrogens is 389 g/mol. The van der Waals surface area contributed by atoms with Gasteiger partial charge in [0.25, 0.3) is 5.91 Å². The minimum Gasteiger partial charge on any atom is -0.493 e. The number of ether oxygens (including phenoxy) is 2. The molecule has 0 bridgehead atoms. The topological polar surface area (TPSA) is 85.9 Å². The number of carbonyl (C=O) groups excluding carboxylic acids is 1. The third-order valence-corrected chi connectivity index (χ3v) is 3.77. The average Bonchev–Trinajstić information content (AvgIpc) is 2.55. The average molecular weight is 403 g/mol. The van der Waals surface area contributed by atoms with Gasteiger partial charge in [0.1, 0.15) is 0 Å². The molecule has 0 atom stereocenters. The SMILES string of the molecule is COc1cc(/C=N\Nc2c(Cl)cc(Cl)cc2Cl)ccc1OCC(N)=O. The van der Waals surface area contributed by atoms with E-state index in [1.807, 2.05) is 0 Å². The normalized spacial score (nSPS) is 10.7. The molecule has 0 radical (unpaired) electrons. The maximum atomic E-state index is 10.8. The van der Waals surface area contributed by atoms with Gasteiger partial charge in [0.2, 0.25) is 0 Å². The lowest BCUT2D eigenvalue weighted by atomic mass is 10.2. The van der Waals surface area contributed by atoms with Crippen molar-refractivity contribution < 1.29 is 14.3 Å². The zero-order valence-corrected chi connectivity index (χ0v) is 15.3. The Kier molecular flexibility index (Phi) is 6.75. The minimum atomic E-state index is -0.575. The molecule has 2 aromatic carbocycles. The van der Waals surface area contributed by atoms with Crippen LogP contribution in [0.4, 0.5) is 5.69 Å². The summed E-state index contributed by atoms with van der Waals surface area (Å²) in [4.78, 5) is 10.8. The van der Waals surface area contributed by atoms with E-state index in [1.54, 1.807) is 36.5 Å². The van der Waals surface area contributed by atoms with Crippen molar-refractivity contribution in [3.8, 4) is 11.5 Å². The van der Waals surface area contributed by atoms with Crippen LogP contribution >= 0.6 is 34.8 Å². The molecule has 25 heavy (non-hydrogen) atoms. The fourth-order valence-electron chi connectivity index (χ4n) is 1.85. The van der Waals surface area contributed by atoms with Crippen LogP contribution in [-0.4, -0.2) is 25.8 Å². The van der Waals surface area contributed by atoms with Crippen LogP contribution in [0, 0.1) is 0 Å². The van der Waals surface area contributed by atoms with Crippen molar-refractivity contribution >= 4 is 52.6 Å². The highest BCUT2D eigenvalue weighted by molar-refractivity contribution is 6.41. The lowest BCUT2D eigenvalue weighted by Crippen LogP contribution is -2.20. The van der Waals surface area contributed by atoms with Crippen LogP contribution in [0.2, 0.25) is 15.1 Å². The van der Waals surface area contributed by atoms with Gasteiger partial charge in [-0.2, -0.15) is 5.10 Å². The van der Waals surface area contributed by atoms with Gasteiger partial charge in [-0.05, 0) is 35.9 Å². The summed E-state index contributed by atoms with van der Waals surface area (Å²) in [6.45, 7) is -0.237. The fourth-order valence-corrected chi connectivity index (χ4v) is 2.75. The second-order valence-electron chi connectivity index (χ2n) is 4.78. The zero-order chi connectivity index (χ0) is 18.4. The van der Waals surface area contributed by atoms with Gasteiger partial charge in [0, 0.05) is 5.02 Å². The van der Waals surface area contributed by atoms with Gasteiger partial charge in [0.15, 0.2) is 18.1 Å². The summed E-state index contributed by atoms with van der Waals surface area (Å²) in [7, 11) is 1.49. The number of nitrogens with one attached hydrogen (secondary N) is 1. The highest BCUT2D eigenvalue weighted by Crippen LogP contribution is 2.33. The van der Waals surface area contributed by atoms with Gasteiger partial charge in [-0.15, -0.1) is 0 Å². The Hall–Kier alpha value is -2.15. The smallest absolute Gasteiger partial charge is 0.255 e. The van der Waals surface area contributed by atoms with Crippen LogP contribution in [0.1, 0.15) is 5.56 Å². The summed E-state index contributed by atoms with van der Waals surface area (Å²) in [5, 5.41) is 5.22. The van der Waals surface area contributed by atoms with Gasteiger partial charge in [-0.1, -0.05) is 34.8 Å². The molecule has 6 nitrogen and oxygen atoms in total. The van der Waals surface area contributed by atoms with Crippen molar-refractivity contribution in [2.24, 2.45) is 10.8 Å². The van der Waals surface area contributed by atoms with Crippen LogP contribution in [0.5, 0.6) is 11.5 Å². The lowest BCUT2D eigenvalue weighted by molar-refractivity contribution is -0.119. The van der Waals surface area contributed by atoms with Gasteiger partial charge < -0.3 is 15.2 Å². The molecule has 0 aliphatic carbocycles. The first kappa shape index (κ1) is 19.2. The molecular formula is C16H14Cl3N3O3. The minimum absolute atomic E-state index is 0.237. The maximum absolute atomic E-state index is 10.8. The summed E-state index contributed by atoms with van der Waals surface area (Å²) >= 11 is 18.0. The number of rotatable bonds is 7. The Labute approximate surface area is 159 Å². The molecule has 0 aliphatic rings. The largest absolute Gasteiger partial charge is 0.493 e. The molecule has 2 rings (SSSR count). The first-order chi connectivity index (χ1) is 11.9. The van der Waals surface area contributed by atoms with Crippen molar-refractivity contribution in [2.75, 3.05) is 19.1 Å². The van der Waals surface area contributed by atoms with E-state index in [2.05, 4.69) is 10.5 Å². The van der Waals surface area contributed by atoms with E-state index in [4.69, 9.17) is 50.0 Å². The second-order valence-corrected chi connectivity index (χ2v) is 6.03. The number of hydrogen-bond acceptors (Lipinski definition) is 5. The van der Waals surface area contributed by atoms with Crippen molar-refractivity contribution in [3.05, 3.63) is 51.0 Å². The number of nitrogens with zero attached hydrogens (tertiary/aromatic N) is 1. The number of halogens is 3. The number of hydrogen-bond donors (Lipinski definition) is 2. The zero-order valence-electron chi connectivity index (χ0n) is 13.1. The first-order valence-corrected chi connectivity index (χ1v) is 8.07. The van der Waals surface area contributed by atoms with E-state index >= 15 is 0 Å². The van der Waals surface area contributed by atoms with Crippen molar-refractivity contribution in [2.45, 2.75) is 0 Å². The van der Waals surface area contributed by atoms with Gasteiger partial charge in [0.05, 0.1) is 29.1 Å². The Morgan fingerprint density at radius 3 is 2.48 bits per heavy atom.